The van der Waals surface area contributed by atoms with E-state index in [2.05, 4.69) is 20.7 Å². The molecule has 2 aromatic heterocycles. The summed E-state index contributed by atoms with van der Waals surface area (Å²) in [5.41, 5.74) is 1.31. The Morgan fingerprint density at radius 2 is 1.97 bits per heavy atom. The van der Waals surface area contributed by atoms with Gasteiger partial charge in [0.25, 0.3) is 5.91 Å². The van der Waals surface area contributed by atoms with Gasteiger partial charge in [0, 0.05) is 24.5 Å². The average Bonchev–Trinajstić information content (AvgIpc) is 3.34. The fourth-order valence-corrected chi connectivity index (χ4v) is 3.77. The maximum atomic E-state index is 12.9. The van der Waals surface area contributed by atoms with Gasteiger partial charge in [0.2, 0.25) is 0 Å². The number of hydrogen-bond acceptors (Lipinski definition) is 6. The zero-order chi connectivity index (χ0) is 22.4. The van der Waals surface area contributed by atoms with E-state index in [4.69, 9.17) is 4.74 Å². The van der Waals surface area contributed by atoms with E-state index in [0.29, 0.717) is 17.1 Å². The van der Waals surface area contributed by atoms with Gasteiger partial charge in [0.05, 0.1) is 10.9 Å². The van der Waals surface area contributed by atoms with Crippen LogP contribution in [-0.4, -0.2) is 45.0 Å². The monoisotopic (exact) mass is 441 g/mol. The smallest absolute Gasteiger partial charge is 0.407 e. The molecule has 0 aliphatic carbocycles. The molecule has 0 aliphatic rings. The van der Waals surface area contributed by atoms with Crippen molar-refractivity contribution >= 4 is 23.3 Å². The van der Waals surface area contributed by atoms with Crippen LogP contribution in [-0.2, 0) is 18.2 Å². The lowest BCUT2D eigenvalue weighted by Gasteiger charge is -2.22. The van der Waals surface area contributed by atoms with Crippen LogP contribution in [0.3, 0.4) is 0 Å². The van der Waals surface area contributed by atoms with E-state index in [9.17, 15) is 9.59 Å². The van der Waals surface area contributed by atoms with Crippen molar-refractivity contribution in [2.75, 3.05) is 6.54 Å². The van der Waals surface area contributed by atoms with Gasteiger partial charge >= 0.3 is 6.09 Å². The van der Waals surface area contributed by atoms with Crippen molar-refractivity contribution in [3.8, 4) is 11.4 Å². The van der Waals surface area contributed by atoms with Gasteiger partial charge in [-0.1, -0.05) is 30.3 Å². The highest BCUT2D eigenvalue weighted by Crippen LogP contribution is 2.23. The van der Waals surface area contributed by atoms with E-state index in [1.807, 2.05) is 35.7 Å². The van der Waals surface area contributed by atoms with Crippen molar-refractivity contribution < 1.29 is 14.3 Å². The highest BCUT2D eigenvalue weighted by molar-refractivity contribution is 7.12. The molecule has 8 nitrogen and oxygen atoms in total. The van der Waals surface area contributed by atoms with Gasteiger partial charge in [-0.2, -0.15) is 5.10 Å². The number of nitrogens with one attached hydrogen (secondary N) is 2. The normalized spacial score (nSPS) is 12.3. The number of amides is 2. The molecule has 1 aromatic carbocycles. The number of ether oxygens (including phenoxy) is 1. The minimum atomic E-state index is -0.588. The molecule has 2 heterocycles. The molecule has 3 aromatic rings. The number of carbonyl (C=O) groups is 2. The van der Waals surface area contributed by atoms with Crippen LogP contribution in [0.5, 0.6) is 0 Å². The molecule has 0 spiro atoms. The first-order valence-corrected chi connectivity index (χ1v) is 10.8. The van der Waals surface area contributed by atoms with Crippen LogP contribution in [0.25, 0.3) is 11.4 Å². The van der Waals surface area contributed by atoms with Gasteiger partial charge in [-0.25, -0.2) is 14.5 Å². The summed E-state index contributed by atoms with van der Waals surface area (Å²) in [4.78, 5) is 29.8. The highest BCUT2D eigenvalue weighted by atomic mass is 32.1. The molecule has 31 heavy (non-hydrogen) atoms. The minimum absolute atomic E-state index is 0.203. The summed E-state index contributed by atoms with van der Waals surface area (Å²) in [6, 6.07) is 11.3. The van der Waals surface area contributed by atoms with E-state index in [1.54, 1.807) is 38.6 Å². The van der Waals surface area contributed by atoms with Gasteiger partial charge in [-0.15, -0.1) is 11.3 Å². The number of hydrogen-bond donors (Lipinski definition) is 2. The third kappa shape index (κ3) is 6.65. The SMILES string of the molecule is Cn1ncnc1-c1csc(C(=O)N[C@H](CNC(=O)OC(C)(C)C)Cc2ccccc2)c1. The number of aromatic nitrogens is 3. The van der Waals surface area contributed by atoms with Crippen molar-refractivity contribution in [1.82, 2.24) is 25.4 Å². The van der Waals surface area contributed by atoms with Gasteiger partial charge < -0.3 is 15.4 Å². The molecular weight excluding hydrogens is 414 g/mol. The molecule has 1 atom stereocenters. The quantitative estimate of drug-likeness (QED) is 0.586. The Morgan fingerprint density at radius 1 is 1.23 bits per heavy atom. The number of benzene rings is 1. The Morgan fingerprint density at radius 3 is 2.61 bits per heavy atom. The number of carbonyl (C=O) groups excluding carboxylic acids is 2. The van der Waals surface area contributed by atoms with Crippen LogP contribution >= 0.6 is 11.3 Å². The maximum absolute atomic E-state index is 12.9. The molecule has 0 bridgehead atoms. The molecule has 9 heteroatoms. The summed E-state index contributed by atoms with van der Waals surface area (Å²) < 4.78 is 6.97. The van der Waals surface area contributed by atoms with E-state index in [1.165, 1.54) is 17.7 Å². The summed E-state index contributed by atoms with van der Waals surface area (Å²) in [7, 11) is 1.80. The lowest BCUT2D eigenvalue weighted by Crippen LogP contribution is -2.45. The van der Waals surface area contributed by atoms with E-state index in [-0.39, 0.29) is 18.5 Å². The molecular formula is C22H27N5O3S. The summed E-state index contributed by atoms with van der Waals surface area (Å²) in [5.74, 6) is 0.494. The third-order valence-electron chi connectivity index (χ3n) is 4.34. The number of aryl methyl sites for hydroxylation is 1. The Hall–Kier alpha value is -3.20. The summed E-state index contributed by atoms with van der Waals surface area (Å²) in [6.07, 6.45) is 1.54. The van der Waals surface area contributed by atoms with Crippen LogP contribution < -0.4 is 10.6 Å². The number of rotatable bonds is 7. The Balaban J connectivity index is 1.68. The lowest BCUT2D eigenvalue weighted by atomic mass is 10.1. The highest BCUT2D eigenvalue weighted by Gasteiger charge is 2.20. The Labute approximate surface area is 185 Å². The molecule has 0 fully saturated rings. The van der Waals surface area contributed by atoms with Crippen molar-refractivity contribution in [1.29, 1.82) is 0 Å². The van der Waals surface area contributed by atoms with Gasteiger partial charge in [-0.05, 0) is 38.8 Å². The zero-order valence-electron chi connectivity index (χ0n) is 18.1. The molecule has 164 valence electrons. The first-order chi connectivity index (χ1) is 14.7. The fourth-order valence-electron chi connectivity index (χ4n) is 2.98. The summed E-state index contributed by atoms with van der Waals surface area (Å²) in [5, 5.41) is 11.7. The van der Waals surface area contributed by atoms with E-state index < -0.39 is 11.7 Å². The van der Waals surface area contributed by atoms with E-state index in [0.717, 1.165) is 11.1 Å². The number of thiophene rings is 1. The van der Waals surface area contributed by atoms with Crippen LogP contribution in [0.2, 0.25) is 0 Å². The zero-order valence-corrected chi connectivity index (χ0v) is 18.9. The van der Waals surface area contributed by atoms with Gasteiger partial charge in [-0.3, -0.25) is 4.79 Å². The van der Waals surface area contributed by atoms with Crippen molar-refractivity contribution in [3.05, 3.63) is 58.5 Å². The first kappa shape index (κ1) is 22.5. The second-order valence-electron chi connectivity index (χ2n) is 8.15. The Kier molecular flexibility index (Phi) is 7.06. The van der Waals surface area contributed by atoms with Crippen molar-refractivity contribution in [2.24, 2.45) is 7.05 Å². The predicted molar refractivity (Wildman–Crippen MR) is 120 cm³/mol. The van der Waals surface area contributed by atoms with Crippen LogP contribution in [0, 0.1) is 0 Å². The minimum Gasteiger partial charge on any atom is -0.444 e. The molecule has 0 saturated carbocycles. The lowest BCUT2D eigenvalue weighted by molar-refractivity contribution is 0.0520. The second kappa shape index (κ2) is 9.74. The van der Waals surface area contributed by atoms with Crippen molar-refractivity contribution in [3.63, 3.8) is 0 Å². The number of nitrogens with zero attached hydrogens (tertiary/aromatic N) is 3. The third-order valence-corrected chi connectivity index (χ3v) is 5.27. The molecule has 3 rings (SSSR count). The predicted octanol–water partition coefficient (Wildman–Crippen LogP) is 3.41. The first-order valence-electron chi connectivity index (χ1n) is 9.96. The summed E-state index contributed by atoms with van der Waals surface area (Å²) in [6.45, 7) is 5.67. The summed E-state index contributed by atoms with van der Waals surface area (Å²) >= 11 is 1.34. The Bertz CT molecular complexity index is 1020. The average molecular weight is 442 g/mol. The molecule has 0 saturated heterocycles. The van der Waals surface area contributed by atoms with Crippen LogP contribution in [0.15, 0.2) is 48.1 Å². The maximum Gasteiger partial charge on any atom is 0.407 e. The van der Waals surface area contributed by atoms with Crippen molar-refractivity contribution in [2.45, 2.75) is 38.8 Å². The topological polar surface area (TPSA) is 98.1 Å². The standard InChI is InChI=1S/C22H27N5O3S/c1-22(2,3)30-21(29)23-12-17(10-15-8-6-5-7-9-15)26-20(28)18-11-16(13-31-18)19-24-14-25-27(19)4/h5-9,11,13-14,17H,10,12H2,1-4H3,(H,23,29)(H,26,28)/t17-/m0/s1. The van der Waals surface area contributed by atoms with Gasteiger partial charge in [0.1, 0.15) is 11.9 Å². The van der Waals surface area contributed by atoms with Gasteiger partial charge in [0.15, 0.2) is 5.82 Å². The van der Waals surface area contributed by atoms with E-state index >= 15 is 0 Å². The molecule has 0 unspecified atom stereocenters. The molecule has 2 amide bonds. The molecule has 0 radical (unpaired) electrons. The largest absolute Gasteiger partial charge is 0.444 e. The fraction of sp³-hybridized carbons (Fsp3) is 0.364. The van der Waals surface area contributed by atoms with Crippen LogP contribution in [0.1, 0.15) is 36.0 Å². The molecule has 2 N–H and O–H groups in total. The molecule has 0 aliphatic heterocycles. The second-order valence-corrected chi connectivity index (χ2v) is 9.06. The van der Waals surface area contributed by atoms with Crippen LogP contribution in [0.4, 0.5) is 4.79 Å². The number of alkyl carbamates (subject to hydrolysis) is 1.